The van der Waals surface area contributed by atoms with Gasteiger partial charge in [-0.3, -0.25) is 4.79 Å². The van der Waals surface area contributed by atoms with Crippen LogP contribution in [0.25, 0.3) is 0 Å². The molecule has 0 bridgehead atoms. The normalized spacial score (nSPS) is 21.4. The average Bonchev–Trinajstić information content (AvgIpc) is 3.10. The van der Waals surface area contributed by atoms with Gasteiger partial charge in [0.2, 0.25) is 5.88 Å². The number of ketones is 1. The maximum absolute atomic E-state index is 13.1. The van der Waals surface area contributed by atoms with Crippen LogP contribution in [0.5, 0.6) is 5.88 Å². The van der Waals surface area contributed by atoms with E-state index in [1.165, 1.54) is 29.6 Å². The van der Waals surface area contributed by atoms with Gasteiger partial charge in [-0.1, -0.05) is 18.9 Å². The van der Waals surface area contributed by atoms with Gasteiger partial charge >= 0.3 is 0 Å². The second-order valence-electron chi connectivity index (χ2n) is 10.4. The Kier molecular flexibility index (Phi) is 8.46. The lowest BCUT2D eigenvalue weighted by atomic mass is 9.78. The molecule has 0 aromatic carbocycles. The van der Waals surface area contributed by atoms with Crippen molar-refractivity contribution in [3.8, 4) is 5.88 Å². The van der Waals surface area contributed by atoms with E-state index in [1.54, 1.807) is 19.3 Å². The van der Waals surface area contributed by atoms with E-state index in [4.69, 9.17) is 4.74 Å². The van der Waals surface area contributed by atoms with Gasteiger partial charge in [-0.15, -0.1) is 0 Å². The number of pyridine rings is 1. The van der Waals surface area contributed by atoms with Crippen LogP contribution in [0.4, 0.5) is 8.78 Å². The van der Waals surface area contributed by atoms with Crippen molar-refractivity contribution in [1.29, 1.82) is 0 Å². The molecule has 1 aliphatic heterocycles. The smallest absolute Gasteiger partial charge is 0.278 e. The van der Waals surface area contributed by atoms with Gasteiger partial charge in [0.25, 0.3) is 5.92 Å². The average molecular weight is 490 g/mol. The second kappa shape index (κ2) is 11.5. The van der Waals surface area contributed by atoms with Crippen molar-refractivity contribution >= 4 is 5.78 Å². The summed E-state index contributed by atoms with van der Waals surface area (Å²) in [7, 11) is 1.77. The minimum absolute atomic E-state index is 0.267. The summed E-state index contributed by atoms with van der Waals surface area (Å²) in [5.74, 6) is -1.09. The Bertz CT molecular complexity index is 982. The summed E-state index contributed by atoms with van der Waals surface area (Å²) in [4.78, 5) is 20.9. The molecule has 0 N–H and O–H groups in total. The topological polar surface area (TPSA) is 73.1 Å². The van der Waals surface area contributed by atoms with Crippen molar-refractivity contribution in [2.24, 2.45) is 18.9 Å². The van der Waals surface area contributed by atoms with Crippen LogP contribution in [0.1, 0.15) is 62.4 Å². The first-order valence-electron chi connectivity index (χ1n) is 12.8. The Morgan fingerprint density at radius 2 is 1.89 bits per heavy atom. The molecule has 0 amide bonds. The number of fused-ring (bicyclic) bond motifs is 1. The van der Waals surface area contributed by atoms with Crippen LogP contribution in [0.3, 0.4) is 0 Å². The Morgan fingerprint density at radius 1 is 1.14 bits per heavy atom. The molecule has 0 saturated heterocycles. The van der Waals surface area contributed by atoms with E-state index < -0.39 is 12.5 Å². The number of Topliss-reactive ketones (excluding diaryl/α,β-unsaturated/α-hetero) is 1. The summed E-state index contributed by atoms with van der Waals surface area (Å²) in [6, 6.07) is 3.68. The van der Waals surface area contributed by atoms with Crippen LogP contribution in [0, 0.1) is 11.8 Å². The first-order valence-corrected chi connectivity index (χ1v) is 12.8. The molecule has 4 rings (SSSR count). The van der Waals surface area contributed by atoms with Crippen molar-refractivity contribution < 1.29 is 18.3 Å². The summed E-state index contributed by atoms with van der Waals surface area (Å²) < 4.78 is 31.4. The number of hydrogen-bond donors (Lipinski definition) is 0. The third-order valence-electron chi connectivity index (χ3n) is 7.24. The number of ether oxygens (including phenoxy) is 1. The molecule has 3 heterocycles. The van der Waals surface area contributed by atoms with E-state index in [-0.39, 0.29) is 11.7 Å². The summed E-state index contributed by atoms with van der Waals surface area (Å²) >= 11 is 0. The maximum atomic E-state index is 13.1. The third kappa shape index (κ3) is 8.05. The summed E-state index contributed by atoms with van der Waals surface area (Å²) in [6.45, 7) is 3.19. The van der Waals surface area contributed by atoms with Crippen LogP contribution in [-0.4, -0.2) is 62.8 Å². The molecule has 192 valence electrons. The highest BCUT2D eigenvalue weighted by Gasteiger charge is 2.25. The molecule has 0 unspecified atom stereocenters. The lowest BCUT2D eigenvalue weighted by Crippen LogP contribution is -2.29. The van der Waals surface area contributed by atoms with Crippen molar-refractivity contribution in [1.82, 2.24) is 24.9 Å². The standard InChI is InChI=1S/C26H37F2N5O2/c1-26(27,28)18-35-25-8-7-21-10-13-33(14-11-24(21)30-25)12-9-19-3-5-20(6-4-19)15-23(34)16-22-17-29-32(2)31-22/h7-8,17,19-20H,3-6,9-16,18H2,1-2H3. The highest BCUT2D eigenvalue weighted by molar-refractivity contribution is 5.80. The fourth-order valence-electron chi connectivity index (χ4n) is 5.27. The predicted octanol–water partition coefficient (Wildman–Crippen LogP) is 4.04. The number of halogens is 2. The van der Waals surface area contributed by atoms with E-state index in [0.717, 1.165) is 69.5 Å². The molecule has 0 spiro atoms. The zero-order chi connectivity index (χ0) is 24.8. The number of aryl methyl sites for hydroxylation is 1. The monoisotopic (exact) mass is 489 g/mol. The minimum Gasteiger partial charge on any atom is -0.471 e. The van der Waals surface area contributed by atoms with Gasteiger partial charge < -0.3 is 9.64 Å². The Morgan fingerprint density at radius 3 is 2.60 bits per heavy atom. The molecule has 1 aliphatic carbocycles. The molecular weight excluding hydrogens is 452 g/mol. The molecule has 2 aliphatic rings. The number of alkyl halides is 2. The van der Waals surface area contributed by atoms with Gasteiger partial charge in [0.15, 0.2) is 6.61 Å². The van der Waals surface area contributed by atoms with E-state index in [2.05, 4.69) is 20.1 Å². The largest absolute Gasteiger partial charge is 0.471 e. The van der Waals surface area contributed by atoms with E-state index in [1.807, 2.05) is 6.07 Å². The zero-order valence-electron chi connectivity index (χ0n) is 20.9. The number of carbonyl (C=O) groups excluding carboxylic acids is 1. The van der Waals surface area contributed by atoms with Crippen LogP contribution < -0.4 is 4.74 Å². The lowest BCUT2D eigenvalue weighted by molar-refractivity contribution is -0.119. The number of hydrogen-bond acceptors (Lipinski definition) is 6. The molecular formula is C26H37F2N5O2. The molecule has 1 fully saturated rings. The van der Waals surface area contributed by atoms with Crippen molar-refractivity contribution in [2.45, 2.75) is 70.6 Å². The molecule has 0 atom stereocenters. The third-order valence-corrected chi connectivity index (χ3v) is 7.24. The quantitative estimate of drug-likeness (QED) is 0.502. The van der Waals surface area contributed by atoms with Gasteiger partial charge in [-0.25, -0.2) is 13.8 Å². The zero-order valence-corrected chi connectivity index (χ0v) is 20.9. The fraction of sp³-hybridized carbons (Fsp3) is 0.692. The fourth-order valence-corrected chi connectivity index (χ4v) is 5.27. The second-order valence-corrected chi connectivity index (χ2v) is 10.4. The molecule has 0 radical (unpaired) electrons. The van der Waals surface area contributed by atoms with Crippen LogP contribution in [-0.2, 0) is 31.1 Å². The van der Waals surface area contributed by atoms with Gasteiger partial charge in [-0.05, 0) is 49.6 Å². The van der Waals surface area contributed by atoms with E-state index >= 15 is 0 Å². The van der Waals surface area contributed by atoms with Gasteiger partial charge in [0.1, 0.15) is 5.78 Å². The van der Waals surface area contributed by atoms with Crippen molar-refractivity contribution in [2.75, 3.05) is 26.2 Å². The minimum atomic E-state index is -2.86. The molecule has 7 nitrogen and oxygen atoms in total. The lowest BCUT2D eigenvalue weighted by Gasteiger charge is -2.30. The number of carbonyl (C=O) groups is 1. The molecule has 9 heteroatoms. The molecule has 2 aromatic rings. The first-order chi connectivity index (χ1) is 16.7. The Hall–Kier alpha value is -2.42. The van der Waals surface area contributed by atoms with Gasteiger partial charge in [0.05, 0.1) is 18.3 Å². The van der Waals surface area contributed by atoms with Gasteiger partial charge in [-0.2, -0.15) is 15.0 Å². The van der Waals surface area contributed by atoms with Crippen LogP contribution in [0.2, 0.25) is 0 Å². The first kappa shape index (κ1) is 25.7. The van der Waals surface area contributed by atoms with E-state index in [9.17, 15) is 13.6 Å². The highest BCUT2D eigenvalue weighted by atomic mass is 19.3. The summed E-state index contributed by atoms with van der Waals surface area (Å²) in [6.07, 6.45) is 10.3. The van der Waals surface area contributed by atoms with Crippen LogP contribution in [0.15, 0.2) is 18.3 Å². The SMILES string of the molecule is Cn1ncc(CC(=O)CC2CCC(CCN3CCc4ccc(OCC(C)(F)F)nc4CC3)CC2)n1. The van der Waals surface area contributed by atoms with Crippen molar-refractivity contribution in [3.05, 3.63) is 35.3 Å². The summed E-state index contributed by atoms with van der Waals surface area (Å²) in [5, 5.41) is 8.25. The summed E-state index contributed by atoms with van der Waals surface area (Å²) in [5.41, 5.74) is 2.91. The molecule has 35 heavy (non-hydrogen) atoms. The Balaban J connectivity index is 1.16. The number of aromatic nitrogens is 4. The highest BCUT2D eigenvalue weighted by Crippen LogP contribution is 2.33. The number of nitrogens with zero attached hydrogens (tertiary/aromatic N) is 5. The Labute approximate surface area is 206 Å². The predicted molar refractivity (Wildman–Crippen MR) is 129 cm³/mol. The van der Waals surface area contributed by atoms with E-state index in [0.29, 0.717) is 18.8 Å². The maximum Gasteiger partial charge on any atom is 0.278 e. The molecule has 2 aromatic heterocycles. The number of rotatable bonds is 10. The van der Waals surface area contributed by atoms with Crippen LogP contribution >= 0.6 is 0 Å². The van der Waals surface area contributed by atoms with Crippen molar-refractivity contribution in [3.63, 3.8) is 0 Å². The van der Waals surface area contributed by atoms with Gasteiger partial charge in [0, 0.05) is 51.7 Å². The molecule has 1 saturated carbocycles.